The van der Waals surface area contributed by atoms with Gasteiger partial charge in [0, 0.05) is 42.4 Å². The molecule has 0 radical (unpaired) electrons. The number of hydrogen-bond donors (Lipinski definition) is 6. The summed E-state index contributed by atoms with van der Waals surface area (Å²) >= 11 is 0.960. The number of ether oxygens (including phenoxy) is 1. The molecule has 2 bridgehead atoms. The van der Waals surface area contributed by atoms with Gasteiger partial charge in [-0.25, -0.2) is 19.4 Å². The van der Waals surface area contributed by atoms with Crippen molar-refractivity contribution >= 4 is 57.8 Å². The van der Waals surface area contributed by atoms with Crippen LogP contribution in [0.4, 0.5) is 5.13 Å². The molecule has 5 aliphatic rings. The molecule has 3 amide bonds. The van der Waals surface area contributed by atoms with E-state index in [0.717, 1.165) is 41.2 Å². The summed E-state index contributed by atoms with van der Waals surface area (Å²) in [6.45, 7) is -0.853. The Morgan fingerprint density at radius 1 is 1.08 bits per heavy atom. The number of carboxylic acids is 2. The quantitative estimate of drug-likeness (QED) is 0.0777. The highest BCUT2D eigenvalue weighted by molar-refractivity contribution is 7.13. The van der Waals surface area contributed by atoms with E-state index >= 15 is 0 Å². The second-order valence-corrected chi connectivity index (χ2v) is 13.9. The number of carboxylic acid groups (broad SMARTS) is 2. The Balaban J connectivity index is 1.10. The van der Waals surface area contributed by atoms with E-state index in [1.54, 1.807) is 0 Å². The number of aromatic nitrogens is 1. The van der Waals surface area contributed by atoms with Crippen molar-refractivity contribution in [3.05, 3.63) is 34.3 Å². The number of amides is 3. The zero-order valence-corrected chi connectivity index (χ0v) is 27.5. The number of nitrogens with two attached hydrogens (primary N) is 1. The second kappa shape index (κ2) is 12.1. The minimum Gasteiger partial charge on any atom is -0.504 e. The molecule has 4 fully saturated rings. The Morgan fingerprint density at radius 2 is 1.76 bits per heavy atom. The number of benzene rings is 1. The first kappa shape index (κ1) is 33.9. The van der Waals surface area contributed by atoms with Gasteiger partial charge in [0.15, 0.2) is 22.3 Å². The van der Waals surface area contributed by atoms with Crippen LogP contribution in [-0.2, 0) is 44.9 Å². The van der Waals surface area contributed by atoms with Crippen molar-refractivity contribution < 1.29 is 63.6 Å². The molecule has 6 heterocycles. The van der Waals surface area contributed by atoms with Crippen LogP contribution < -0.4 is 11.1 Å². The number of nitrogens with zero attached hydrogens (tertiary/aromatic N) is 5. The van der Waals surface area contributed by atoms with Crippen molar-refractivity contribution in [2.24, 2.45) is 5.16 Å². The largest absolute Gasteiger partial charge is 0.504 e. The molecule has 5 aliphatic heterocycles. The van der Waals surface area contributed by atoms with E-state index < -0.39 is 89.3 Å². The van der Waals surface area contributed by atoms with Crippen LogP contribution >= 0.6 is 11.3 Å². The van der Waals surface area contributed by atoms with Crippen LogP contribution in [0, 0.1) is 0 Å². The van der Waals surface area contributed by atoms with Crippen molar-refractivity contribution in [3.63, 3.8) is 0 Å². The average molecular weight is 730 g/mol. The minimum atomic E-state index is -2.75. The van der Waals surface area contributed by atoms with Crippen molar-refractivity contribution in [2.75, 3.05) is 19.4 Å². The maximum atomic E-state index is 13.6. The van der Waals surface area contributed by atoms with Crippen molar-refractivity contribution in [1.82, 2.24) is 25.2 Å². The lowest BCUT2D eigenvalue weighted by molar-refractivity contribution is -0.256. The first-order chi connectivity index (χ1) is 24.1. The van der Waals surface area contributed by atoms with E-state index in [-0.39, 0.29) is 53.4 Å². The zero-order valence-electron chi connectivity index (χ0n) is 26.7. The van der Waals surface area contributed by atoms with Gasteiger partial charge in [-0.15, -0.1) is 11.3 Å². The van der Waals surface area contributed by atoms with E-state index in [0.29, 0.717) is 5.06 Å². The number of fused-ring (bicyclic) bond motifs is 3. The van der Waals surface area contributed by atoms with Crippen LogP contribution in [0.15, 0.2) is 22.7 Å². The number of thiazole rings is 1. The van der Waals surface area contributed by atoms with Gasteiger partial charge < -0.3 is 50.9 Å². The van der Waals surface area contributed by atoms with Gasteiger partial charge in [-0.1, -0.05) is 5.16 Å². The van der Waals surface area contributed by atoms with Gasteiger partial charge in [0.05, 0.1) is 6.42 Å². The maximum absolute atomic E-state index is 13.6. The second-order valence-electron chi connectivity index (χ2n) is 13.0. The molecule has 0 aliphatic carbocycles. The number of carbonyl (C=O) groups is 6. The van der Waals surface area contributed by atoms with Crippen LogP contribution in [0.3, 0.4) is 0 Å². The molecule has 51 heavy (non-hydrogen) atoms. The van der Waals surface area contributed by atoms with Gasteiger partial charge in [-0.3, -0.25) is 19.2 Å². The lowest BCUT2D eigenvalue weighted by Gasteiger charge is -2.40. The fourth-order valence-electron chi connectivity index (χ4n) is 7.30. The number of carbonyl (C=O) groups excluding carboxylic acids is 4. The smallest absolute Gasteiger partial charge is 0.372 e. The Bertz CT molecular complexity index is 1900. The number of nitrogens with one attached hydrogen (secondary N) is 1. The highest BCUT2D eigenvalue weighted by atomic mass is 32.1. The van der Waals surface area contributed by atoms with E-state index in [1.807, 2.05) is 7.05 Å². The number of rotatable bonds is 9. The van der Waals surface area contributed by atoms with Gasteiger partial charge in [-0.2, -0.15) is 5.06 Å². The Labute approximate surface area is 290 Å². The van der Waals surface area contributed by atoms with Gasteiger partial charge in [0.1, 0.15) is 24.4 Å². The first-order valence-electron chi connectivity index (χ1n) is 15.7. The molecule has 270 valence electrons. The third kappa shape index (κ3) is 5.43. The summed E-state index contributed by atoms with van der Waals surface area (Å²) in [5, 5.41) is 48.2. The summed E-state index contributed by atoms with van der Waals surface area (Å²) in [5.74, 6) is -8.25. The van der Waals surface area contributed by atoms with E-state index in [2.05, 4.69) is 20.4 Å². The number of nitrogen functional groups attached to an aromatic ring is 1. The molecule has 1 aromatic carbocycles. The number of phenolic OH excluding ortho intramolecular Hbond substituents is 2. The Kier molecular flexibility index (Phi) is 8.02. The monoisotopic (exact) mass is 729 g/mol. The van der Waals surface area contributed by atoms with Gasteiger partial charge in [0.2, 0.25) is 5.60 Å². The third-order valence-electron chi connectivity index (χ3n) is 10.1. The van der Waals surface area contributed by atoms with E-state index in [1.165, 1.54) is 5.38 Å². The number of hydrogen-bond acceptors (Lipinski definition) is 16. The van der Waals surface area contributed by atoms with Gasteiger partial charge >= 0.3 is 23.6 Å². The molecule has 5 atom stereocenters. The van der Waals surface area contributed by atoms with Crippen LogP contribution in [0.1, 0.15) is 53.7 Å². The predicted octanol–water partition coefficient (Wildman–Crippen LogP) is -1.05. The van der Waals surface area contributed by atoms with Gasteiger partial charge in [0.25, 0.3) is 17.7 Å². The number of esters is 1. The van der Waals surface area contributed by atoms with Crippen molar-refractivity contribution in [2.45, 2.75) is 74.1 Å². The van der Waals surface area contributed by atoms with Crippen LogP contribution in [0.25, 0.3) is 0 Å². The molecule has 7 N–H and O–H groups in total. The van der Waals surface area contributed by atoms with Crippen LogP contribution in [0.2, 0.25) is 0 Å². The molecular formula is C30H31N7O13S. The highest BCUT2D eigenvalue weighted by Crippen LogP contribution is 2.43. The number of oxime groups is 1. The lowest BCUT2D eigenvalue weighted by atomic mass is 9.86. The Morgan fingerprint density at radius 3 is 2.39 bits per heavy atom. The first-order valence-corrected chi connectivity index (χ1v) is 16.5. The standard InChI is InChI=1S/C30H31N7O13S/c1-35-13-2-3-14(35)7-29(6-13,26(44)45)50-34-21(17-11-51-28(31)33-17)22(40)32-16-10-48-37(24(16)42)30(27(46)47)8-18(25(43)49-30)36-9-12-4-19(38)20(39)5-15(12)23(36)41/h4-5,11,13-14,16,18,38-39H,2-3,6-10H2,1H3,(H2,31,33)(H,32,40)(H,44,45)(H,46,47)/b34-21-/t13?,14?,16-,18?,29?,30?/m0/s1. The molecule has 4 saturated heterocycles. The molecule has 0 spiro atoms. The summed E-state index contributed by atoms with van der Waals surface area (Å²) in [7, 11) is 1.91. The van der Waals surface area contributed by atoms with E-state index in [9.17, 15) is 49.2 Å². The molecule has 1 aromatic heterocycles. The average Bonchev–Trinajstić information content (AvgIpc) is 3.86. The summed E-state index contributed by atoms with van der Waals surface area (Å²) in [4.78, 5) is 96.8. The van der Waals surface area contributed by atoms with Crippen molar-refractivity contribution in [1.29, 1.82) is 0 Å². The molecule has 21 heteroatoms. The normalized spacial score (nSPS) is 30.5. The fraction of sp³-hybridized carbons (Fsp3) is 0.467. The summed E-state index contributed by atoms with van der Waals surface area (Å²) < 4.78 is 5.24. The number of cyclic esters (lactones) is 1. The fourth-order valence-corrected chi connectivity index (χ4v) is 7.85. The van der Waals surface area contributed by atoms with E-state index in [4.69, 9.17) is 20.1 Å². The molecule has 2 aromatic rings. The molecule has 4 unspecified atom stereocenters. The Hall–Kier alpha value is -5.54. The highest BCUT2D eigenvalue weighted by Gasteiger charge is 2.64. The topological polar surface area (TPSA) is 284 Å². The number of hydroxylamine groups is 2. The van der Waals surface area contributed by atoms with Crippen molar-refractivity contribution in [3.8, 4) is 11.5 Å². The lowest BCUT2D eigenvalue weighted by Crippen LogP contribution is -2.57. The summed E-state index contributed by atoms with van der Waals surface area (Å²) in [6, 6.07) is -1.07. The summed E-state index contributed by atoms with van der Waals surface area (Å²) in [6.07, 6.45) is 0.981. The minimum absolute atomic E-state index is 0.0250. The number of phenols is 2. The van der Waals surface area contributed by atoms with Crippen LogP contribution in [-0.4, -0.2) is 131 Å². The molecular weight excluding hydrogens is 698 g/mol. The zero-order chi connectivity index (χ0) is 36.6. The third-order valence-corrected chi connectivity index (χ3v) is 10.7. The number of aromatic hydroxyl groups is 2. The summed E-state index contributed by atoms with van der Waals surface area (Å²) in [5.41, 5.74) is 0.925. The number of anilines is 1. The predicted molar refractivity (Wildman–Crippen MR) is 168 cm³/mol. The number of aliphatic carboxylic acids is 2. The number of piperidine rings is 1. The molecule has 20 nitrogen and oxygen atoms in total. The maximum Gasteiger partial charge on any atom is 0.372 e. The van der Waals surface area contributed by atoms with Crippen LogP contribution in [0.5, 0.6) is 11.5 Å². The SMILES string of the molecule is CN1C2CCC1CC(O/N=C(\C(=O)N[C@H]1CON(C3(C(=O)O)CC(N4Cc5cc(O)c(O)cc5C4=O)C(=O)O3)C1=O)c1csc(N)n1)(C(=O)O)C2. The molecule has 0 saturated carbocycles. The molecule has 7 rings (SSSR count). The van der Waals surface area contributed by atoms with Gasteiger partial charge in [-0.05, 0) is 37.6 Å².